The van der Waals surface area contributed by atoms with Crippen molar-refractivity contribution < 1.29 is 4.39 Å². The second kappa shape index (κ2) is 1.82. The molecule has 0 aromatic heterocycles. The molecule has 0 spiro atoms. The van der Waals surface area contributed by atoms with E-state index in [2.05, 4.69) is 6.92 Å². The number of fused-ring (bicyclic) bond motifs is 1. The molecule has 0 fully saturated rings. The zero-order valence-electron chi connectivity index (χ0n) is 5.89. The summed E-state index contributed by atoms with van der Waals surface area (Å²) >= 11 is 0. The van der Waals surface area contributed by atoms with Crippen LogP contribution >= 0.6 is 0 Å². The van der Waals surface area contributed by atoms with Gasteiger partial charge in [-0.05, 0) is 29.5 Å². The molecular weight excluding hydrogens is 127 g/mol. The van der Waals surface area contributed by atoms with Crippen molar-refractivity contribution in [3.63, 3.8) is 0 Å². The Hall–Kier alpha value is -0.850. The van der Waals surface area contributed by atoms with Crippen LogP contribution in [0.5, 0.6) is 0 Å². The van der Waals surface area contributed by atoms with E-state index in [0.717, 1.165) is 12.0 Å². The van der Waals surface area contributed by atoms with Gasteiger partial charge in [-0.2, -0.15) is 0 Å². The van der Waals surface area contributed by atoms with Crippen molar-refractivity contribution in [1.82, 2.24) is 0 Å². The third kappa shape index (κ3) is 0.605. The van der Waals surface area contributed by atoms with Gasteiger partial charge in [0.1, 0.15) is 5.82 Å². The van der Waals surface area contributed by atoms with Crippen molar-refractivity contribution in [1.29, 1.82) is 0 Å². The lowest BCUT2D eigenvalue weighted by Crippen LogP contribution is -2.15. The molecule has 0 saturated carbocycles. The van der Waals surface area contributed by atoms with Crippen LogP contribution in [0.15, 0.2) is 18.2 Å². The van der Waals surface area contributed by atoms with Crippen LogP contribution in [0.25, 0.3) is 0 Å². The highest BCUT2D eigenvalue weighted by molar-refractivity contribution is 5.40. The third-order valence-electron chi connectivity index (χ3n) is 2.16. The molecule has 0 amide bonds. The predicted octanol–water partition coefficient (Wildman–Crippen LogP) is 2.49. The minimum Gasteiger partial charge on any atom is -0.207 e. The van der Waals surface area contributed by atoms with E-state index in [1.165, 1.54) is 11.6 Å². The summed E-state index contributed by atoms with van der Waals surface area (Å²) in [6.07, 6.45) is 1.05. The molecule has 0 heterocycles. The maximum atomic E-state index is 12.9. The van der Waals surface area contributed by atoms with Crippen LogP contribution in [0.1, 0.15) is 24.0 Å². The Kier molecular flexibility index (Phi) is 1.07. The quantitative estimate of drug-likeness (QED) is 0.514. The van der Waals surface area contributed by atoms with Crippen molar-refractivity contribution in [2.75, 3.05) is 0 Å². The number of hydrogen-bond acceptors (Lipinski definition) is 0. The molecule has 2 rings (SSSR count). The first-order valence-electron chi connectivity index (χ1n) is 3.56. The molecule has 1 aliphatic rings. The Morgan fingerprint density at radius 3 is 2.80 bits per heavy atom. The first-order chi connectivity index (χ1) is 4.79. The first kappa shape index (κ1) is 5.90. The van der Waals surface area contributed by atoms with Gasteiger partial charge in [0, 0.05) is 0 Å². The first-order valence-corrected chi connectivity index (χ1v) is 3.56. The highest BCUT2D eigenvalue weighted by atomic mass is 19.1. The summed E-state index contributed by atoms with van der Waals surface area (Å²) in [5, 5.41) is 0. The van der Waals surface area contributed by atoms with E-state index < -0.39 is 0 Å². The Morgan fingerprint density at radius 2 is 2.30 bits per heavy atom. The van der Waals surface area contributed by atoms with Crippen molar-refractivity contribution in [2.24, 2.45) is 0 Å². The molecule has 0 nitrogen and oxygen atoms in total. The fraction of sp³-hybridized carbons (Fsp3) is 0.333. The average molecular weight is 136 g/mol. The molecule has 1 atom stereocenters. The summed E-state index contributed by atoms with van der Waals surface area (Å²) in [5.41, 5.74) is 2.12. The predicted molar refractivity (Wildman–Crippen MR) is 38.5 cm³/mol. The lowest BCUT2D eigenvalue weighted by atomic mass is 9.79. The Bertz CT molecular complexity index is 251. The van der Waals surface area contributed by atoms with Crippen molar-refractivity contribution in [3.8, 4) is 0 Å². The van der Waals surface area contributed by atoms with E-state index in [9.17, 15) is 4.39 Å². The SMILES string of the molecule is CC1Cc2cccc(F)c21. The second-order valence-electron chi connectivity index (χ2n) is 2.92. The summed E-state index contributed by atoms with van der Waals surface area (Å²) in [5.74, 6) is 0.410. The smallest absolute Gasteiger partial charge is 0.126 e. The zero-order chi connectivity index (χ0) is 7.14. The van der Waals surface area contributed by atoms with E-state index in [4.69, 9.17) is 0 Å². The maximum absolute atomic E-state index is 12.9. The van der Waals surface area contributed by atoms with Crippen molar-refractivity contribution in [2.45, 2.75) is 19.3 Å². The third-order valence-corrected chi connectivity index (χ3v) is 2.16. The van der Waals surface area contributed by atoms with Crippen LogP contribution in [-0.2, 0) is 6.42 Å². The largest absolute Gasteiger partial charge is 0.207 e. The van der Waals surface area contributed by atoms with Crippen LogP contribution in [0, 0.1) is 5.82 Å². The molecule has 1 aliphatic carbocycles. The highest BCUT2D eigenvalue weighted by Crippen LogP contribution is 2.35. The summed E-state index contributed by atoms with van der Waals surface area (Å²) in [6.45, 7) is 2.06. The lowest BCUT2D eigenvalue weighted by Gasteiger charge is -2.26. The monoisotopic (exact) mass is 136 g/mol. The molecule has 0 aliphatic heterocycles. The van der Waals surface area contributed by atoms with Crippen molar-refractivity contribution in [3.05, 3.63) is 35.1 Å². The minimum absolute atomic E-state index is 0.0312. The van der Waals surface area contributed by atoms with Gasteiger partial charge in [0.05, 0.1) is 0 Å². The van der Waals surface area contributed by atoms with E-state index in [1.807, 2.05) is 6.07 Å². The van der Waals surface area contributed by atoms with Gasteiger partial charge in [0.2, 0.25) is 0 Å². The molecule has 0 bridgehead atoms. The van der Waals surface area contributed by atoms with Gasteiger partial charge >= 0.3 is 0 Å². The number of halogens is 1. The standard InChI is InChI=1S/C9H9F/c1-6-5-7-3-2-4-8(10)9(6)7/h2-4,6H,5H2,1H3. The van der Waals surface area contributed by atoms with Crippen LogP contribution in [0.3, 0.4) is 0 Å². The molecule has 1 heteroatoms. The van der Waals surface area contributed by atoms with Crippen LogP contribution in [-0.4, -0.2) is 0 Å². The van der Waals surface area contributed by atoms with E-state index >= 15 is 0 Å². The second-order valence-corrected chi connectivity index (χ2v) is 2.92. The summed E-state index contributed by atoms with van der Waals surface area (Å²) in [6, 6.07) is 5.31. The summed E-state index contributed by atoms with van der Waals surface area (Å²) < 4.78 is 12.9. The lowest BCUT2D eigenvalue weighted by molar-refractivity contribution is 0.549. The van der Waals surface area contributed by atoms with Gasteiger partial charge in [-0.25, -0.2) is 4.39 Å². The Labute approximate surface area is 59.7 Å². The normalized spacial score (nSPS) is 21.6. The molecule has 0 radical (unpaired) electrons. The Balaban J connectivity index is 2.58. The molecule has 0 N–H and O–H groups in total. The molecule has 1 aromatic rings. The number of hydrogen-bond donors (Lipinski definition) is 0. The topological polar surface area (TPSA) is 0 Å². The molecular formula is C9H9F. The van der Waals surface area contributed by atoms with Crippen LogP contribution in [0.4, 0.5) is 4.39 Å². The fourth-order valence-corrected chi connectivity index (χ4v) is 1.61. The van der Waals surface area contributed by atoms with Crippen LogP contribution in [0.2, 0.25) is 0 Å². The molecule has 10 heavy (non-hydrogen) atoms. The van der Waals surface area contributed by atoms with Gasteiger partial charge < -0.3 is 0 Å². The van der Waals surface area contributed by atoms with Crippen LogP contribution < -0.4 is 0 Å². The zero-order valence-corrected chi connectivity index (χ0v) is 5.89. The van der Waals surface area contributed by atoms with Gasteiger partial charge in [-0.1, -0.05) is 19.1 Å². The number of rotatable bonds is 0. The maximum Gasteiger partial charge on any atom is 0.126 e. The summed E-state index contributed by atoms with van der Waals surface area (Å²) in [7, 11) is 0. The average Bonchev–Trinajstić information content (AvgIpc) is 1.85. The van der Waals surface area contributed by atoms with E-state index in [1.54, 1.807) is 6.07 Å². The van der Waals surface area contributed by atoms with E-state index in [0.29, 0.717) is 5.92 Å². The molecule has 0 saturated heterocycles. The van der Waals surface area contributed by atoms with Crippen molar-refractivity contribution >= 4 is 0 Å². The van der Waals surface area contributed by atoms with Gasteiger partial charge in [-0.3, -0.25) is 0 Å². The number of benzene rings is 1. The minimum atomic E-state index is -0.0312. The van der Waals surface area contributed by atoms with Gasteiger partial charge in [0.15, 0.2) is 0 Å². The molecule has 1 aromatic carbocycles. The molecule has 52 valence electrons. The summed E-state index contributed by atoms with van der Waals surface area (Å²) in [4.78, 5) is 0. The Morgan fingerprint density at radius 1 is 1.50 bits per heavy atom. The fourth-order valence-electron chi connectivity index (χ4n) is 1.61. The highest BCUT2D eigenvalue weighted by Gasteiger charge is 2.24. The van der Waals surface area contributed by atoms with Gasteiger partial charge in [-0.15, -0.1) is 0 Å². The molecule has 1 unspecified atom stereocenters. The van der Waals surface area contributed by atoms with E-state index in [-0.39, 0.29) is 5.82 Å². The van der Waals surface area contributed by atoms with Gasteiger partial charge in [0.25, 0.3) is 0 Å².